The number of esters is 1. The number of amides is 1. The molecule has 0 unspecified atom stereocenters. The molecular weight excluding hydrogens is 376 g/mol. The Morgan fingerprint density at radius 3 is 2.54 bits per heavy atom. The first-order valence-corrected chi connectivity index (χ1v) is 9.95. The van der Waals surface area contributed by atoms with Gasteiger partial charge in [0, 0.05) is 5.56 Å². The number of methoxy groups -OCH3 is 1. The predicted octanol–water partition coefficient (Wildman–Crippen LogP) is 4.90. The lowest BCUT2D eigenvalue weighted by atomic mass is 10.2. The van der Waals surface area contributed by atoms with Crippen LogP contribution in [-0.4, -0.2) is 30.6 Å². The van der Waals surface area contributed by atoms with Crippen molar-refractivity contribution in [3.05, 3.63) is 53.6 Å². The van der Waals surface area contributed by atoms with Gasteiger partial charge in [-0.3, -0.25) is 10.1 Å². The van der Waals surface area contributed by atoms with Gasteiger partial charge in [-0.05, 0) is 48.9 Å². The maximum atomic E-state index is 12.5. The number of rotatable bonds is 8. The van der Waals surface area contributed by atoms with Gasteiger partial charge < -0.3 is 9.47 Å². The zero-order valence-electron chi connectivity index (χ0n) is 15.9. The highest BCUT2D eigenvalue weighted by atomic mass is 32.1. The van der Waals surface area contributed by atoms with Gasteiger partial charge in [0.2, 0.25) is 0 Å². The first-order chi connectivity index (χ1) is 13.6. The molecule has 146 valence electrons. The van der Waals surface area contributed by atoms with Gasteiger partial charge in [-0.25, -0.2) is 9.78 Å². The third kappa shape index (κ3) is 4.86. The van der Waals surface area contributed by atoms with Crippen LogP contribution in [0, 0.1) is 0 Å². The van der Waals surface area contributed by atoms with E-state index in [0.717, 1.165) is 29.7 Å². The Bertz CT molecular complexity index is 966. The molecule has 6 nitrogen and oxygen atoms in total. The number of hydrogen-bond acceptors (Lipinski definition) is 6. The maximum absolute atomic E-state index is 12.5. The van der Waals surface area contributed by atoms with E-state index in [1.54, 1.807) is 42.5 Å². The van der Waals surface area contributed by atoms with Crippen molar-refractivity contribution in [2.75, 3.05) is 19.0 Å². The quantitative estimate of drug-likeness (QED) is 0.431. The first kappa shape index (κ1) is 19.8. The Hall–Kier alpha value is -2.93. The number of ether oxygens (including phenoxy) is 2. The molecule has 0 aliphatic carbocycles. The molecule has 7 heteroatoms. The van der Waals surface area contributed by atoms with Crippen LogP contribution < -0.4 is 10.1 Å². The van der Waals surface area contributed by atoms with Crippen LogP contribution in [0.5, 0.6) is 5.75 Å². The van der Waals surface area contributed by atoms with Gasteiger partial charge >= 0.3 is 5.97 Å². The monoisotopic (exact) mass is 398 g/mol. The molecule has 0 saturated heterocycles. The number of nitrogens with one attached hydrogen (secondary N) is 1. The van der Waals surface area contributed by atoms with E-state index in [4.69, 9.17) is 9.47 Å². The predicted molar refractivity (Wildman–Crippen MR) is 110 cm³/mol. The third-order valence-electron chi connectivity index (χ3n) is 4.16. The number of benzene rings is 2. The zero-order chi connectivity index (χ0) is 19.9. The Labute approximate surface area is 167 Å². The van der Waals surface area contributed by atoms with Crippen molar-refractivity contribution in [3.8, 4) is 5.75 Å². The molecule has 28 heavy (non-hydrogen) atoms. The third-order valence-corrected chi connectivity index (χ3v) is 5.10. The summed E-state index contributed by atoms with van der Waals surface area (Å²) in [5, 5.41) is 3.28. The summed E-state index contributed by atoms with van der Waals surface area (Å²) in [4.78, 5) is 28.5. The molecule has 0 atom stereocenters. The van der Waals surface area contributed by atoms with E-state index in [1.165, 1.54) is 18.4 Å². The molecule has 3 rings (SSSR count). The molecule has 0 bridgehead atoms. The van der Waals surface area contributed by atoms with Crippen molar-refractivity contribution in [1.29, 1.82) is 0 Å². The lowest BCUT2D eigenvalue weighted by Crippen LogP contribution is -2.11. The summed E-state index contributed by atoms with van der Waals surface area (Å²) in [6.45, 7) is 2.83. The number of fused-ring (bicyclic) bond motifs is 1. The summed E-state index contributed by atoms with van der Waals surface area (Å²) >= 11 is 1.31. The smallest absolute Gasteiger partial charge is 0.337 e. The van der Waals surface area contributed by atoms with Crippen LogP contribution in [0.3, 0.4) is 0 Å². The summed E-state index contributed by atoms with van der Waals surface area (Å²) in [5.74, 6) is 0.102. The minimum Gasteiger partial charge on any atom is -0.494 e. The molecule has 0 radical (unpaired) electrons. The average molecular weight is 398 g/mol. The van der Waals surface area contributed by atoms with Crippen LogP contribution in [0.25, 0.3) is 10.2 Å². The molecule has 1 N–H and O–H groups in total. The number of thiazole rings is 1. The Balaban J connectivity index is 1.64. The van der Waals surface area contributed by atoms with E-state index >= 15 is 0 Å². The van der Waals surface area contributed by atoms with Crippen LogP contribution >= 0.6 is 11.3 Å². The molecule has 1 amide bonds. The Morgan fingerprint density at radius 2 is 1.82 bits per heavy atom. The normalized spacial score (nSPS) is 10.6. The second-order valence-electron chi connectivity index (χ2n) is 6.23. The van der Waals surface area contributed by atoms with Crippen molar-refractivity contribution in [1.82, 2.24) is 4.98 Å². The SMILES string of the molecule is CCCCCOc1ccc(C(=O)Nc2nc3ccc(C(=O)OC)cc3s2)cc1. The molecule has 0 fully saturated rings. The number of hydrogen-bond donors (Lipinski definition) is 1. The molecule has 1 heterocycles. The highest BCUT2D eigenvalue weighted by Gasteiger charge is 2.12. The number of carbonyl (C=O) groups is 2. The van der Waals surface area contributed by atoms with Gasteiger partial charge in [0.15, 0.2) is 5.13 Å². The van der Waals surface area contributed by atoms with Crippen molar-refractivity contribution in [3.63, 3.8) is 0 Å². The van der Waals surface area contributed by atoms with Gasteiger partial charge in [-0.1, -0.05) is 31.1 Å². The maximum Gasteiger partial charge on any atom is 0.337 e. The van der Waals surface area contributed by atoms with Crippen LogP contribution in [0.15, 0.2) is 42.5 Å². The Morgan fingerprint density at radius 1 is 1.07 bits per heavy atom. The fourth-order valence-corrected chi connectivity index (χ4v) is 3.54. The van der Waals surface area contributed by atoms with Gasteiger partial charge in [-0.2, -0.15) is 0 Å². The molecule has 1 aromatic heterocycles. The highest BCUT2D eigenvalue weighted by molar-refractivity contribution is 7.22. The summed E-state index contributed by atoms with van der Waals surface area (Å²) in [6.07, 6.45) is 3.32. The fraction of sp³-hybridized carbons (Fsp3) is 0.286. The summed E-state index contributed by atoms with van der Waals surface area (Å²) in [7, 11) is 1.34. The highest BCUT2D eigenvalue weighted by Crippen LogP contribution is 2.27. The van der Waals surface area contributed by atoms with Crippen LogP contribution in [0.1, 0.15) is 46.9 Å². The number of carbonyl (C=O) groups excluding carboxylic acids is 2. The molecule has 0 aliphatic heterocycles. The molecular formula is C21H22N2O4S. The number of unbranched alkanes of at least 4 members (excludes halogenated alkanes) is 2. The van der Waals surface area contributed by atoms with Crippen LogP contribution in [0.2, 0.25) is 0 Å². The zero-order valence-corrected chi connectivity index (χ0v) is 16.7. The van der Waals surface area contributed by atoms with Gasteiger partial charge in [0.1, 0.15) is 5.75 Å². The van der Waals surface area contributed by atoms with Crippen LogP contribution in [0.4, 0.5) is 5.13 Å². The number of aromatic nitrogens is 1. The molecule has 0 aliphatic rings. The lowest BCUT2D eigenvalue weighted by molar-refractivity contribution is 0.0601. The van der Waals surface area contributed by atoms with E-state index < -0.39 is 5.97 Å². The van der Waals surface area contributed by atoms with E-state index in [2.05, 4.69) is 17.2 Å². The first-order valence-electron chi connectivity index (χ1n) is 9.14. The summed E-state index contributed by atoms with van der Waals surface area (Å²) in [5.41, 5.74) is 1.69. The number of nitrogens with zero attached hydrogens (tertiary/aromatic N) is 1. The minimum atomic E-state index is -0.405. The van der Waals surface area contributed by atoms with E-state index in [1.807, 2.05) is 0 Å². The van der Waals surface area contributed by atoms with Gasteiger partial charge in [0.25, 0.3) is 5.91 Å². The average Bonchev–Trinajstić information content (AvgIpc) is 3.12. The van der Waals surface area contributed by atoms with E-state index in [9.17, 15) is 9.59 Å². The minimum absolute atomic E-state index is 0.246. The molecule has 3 aromatic rings. The Kier molecular flexibility index (Phi) is 6.60. The summed E-state index contributed by atoms with van der Waals surface area (Å²) in [6, 6.07) is 12.1. The second-order valence-corrected chi connectivity index (χ2v) is 7.26. The van der Waals surface area contributed by atoms with E-state index in [-0.39, 0.29) is 5.91 Å². The van der Waals surface area contributed by atoms with Crippen molar-refractivity contribution in [2.24, 2.45) is 0 Å². The van der Waals surface area contributed by atoms with Crippen molar-refractivity contribution >= 4 is 38.6 Å². The molecule has 0 saturated carbocycles. The fourth-order valence-electron chi connectivity index (χ4n) is 2.64. The molecule has 0 spiro atoms. The summed E-state index contributed by atoms with van der Waals surface area (Å²) < 4.78 is 11.2. The standard InChI is InChI=1S/C21H22N2O4S/c1-3-4-5-12-27-16-9-6-14(7-10-16)19(24)23-21-22-17-11-8-15(20(25)26-2)13-18(17)28-21/h6-11,13H,3-5,12H2,1-2H3,(H,22,23,24). The topological polar surface area (TPSA) is 77.5 Å². The van der Waals surface area contributed by atoms with Gasteiger partial charge in [-0.15, -0.1) is 0 Å². The largest absolute Gasteiger partial charge is 0.494 e. The van der Waals surface area contributed by atoms with E-state index in [0.29, 0.717) is 28.4 Å². The van der Waals surface area contributed by atoms with Crippen molar-refractivity contribution < 1.29 is 19.1 Å². The van der Waals surface area contributed by atoms with Crippen molar-refractivity contribution in [2.45, 2.75) is 26.2 Å². The van der Waals surface area contributed by atoms with Gasteiger partial charge in [0.05, 0.1) is 29.5 Å². The molecule has 2 aromatic carbocycles. The number of anilines is 1. The van der Waals surface area contributed by atoms with Crippen LogP contribution in [-0.2, 0) is 4.74 Å². The lowest BCUT2D eigenvalue weighted by Gasteiger charge is -2.06. The second kappa shape index (κ2) is 9.32.